The van der Waals surface area contributed by atoms with E-state index in [1.54, 1.807) is 0 Å². The van der Waals surface area contributed by atoms with Crippen LogP contribution in [0.25, 0.3) is 0 Å². The van der Waals surface area contributed by atoms with E-state index in [4.69, 9.17) is 0 Å². The Morgan fingerprint density at radius 1 is 0.720 bits per heavy atom. The van der Waals surface area contributed by atoms with Crippen LogP contribution in [0.1, 0.15) is 54.2 Å². The van der Waals surface area contributed by atoms with Crippen molar-refractivity contribution in [3.63, 3.8) is 0 Å². The fourth-order valence-electron chi connectivity index (χ4n) is 3.11. The molecule has 0 saturated heterocycles. The van der Waals surface area contributed by atoms with Crippen LogP contribution in [0.4, 0.5) is 5.69 Å². The summed E-state index contributed by atoms with van der Waals surface area (Å²) < 4.78 is 28.8. The molecule has 0 saturated carbocycles. The van der Waals surface area contributed by atoms with E-state index in [9.17, 15) is 8.42 Å². The van der Waals surface area contributed by atoms with Gasteiger partial charge in [0.2, 0.25) is 0 Å². The summed E-state index contributed by atoms with van der Waals surface area (Å²) in [4.78, 5) is 0.396. The van der Waals surface area contributed by atoms with Gasteiger partial charge in [0.1, 0.15) is 0 Å². The first-order valence-corrected chi connectivity index (χ1v) is 10.0. The quantitative estimate of drug-likeness (QED) is 0.805. The number of sulfonamides is 1. The zero-order valence-corrected chi connectivity index (χ0v) is 17.4. The third kappa shape index (κ3) is 3.74. The summed E-state index contributed by atoms with van der Waals surface area (Å²) in [6.45, 7) is 16.2. The highest BCUT2D eigenvalue weighted by atomic mass is 32.2. The molecule has 1 N–H and O–H groups in total. The third-order valence-electron chi connectivity index (χ3n) is 5.20. The van der Waals surface area contributed by atoms with Gasteiger partial charge >= 0.3 is 0 Å². The topological polar surface area (TPSA) is 46.2 Å². The maximum absolute atomic E-state index is 13.0. The Kier molecular flexibility index (Phi) is 5.06. The van der Waals surface area contributed by atoms with E-state index in [1.165, 1.54) is 5.56 Å². The van der Waals surface area contributed by atoms with Crippen molar-refractivity contribution in [1.82, 2.24) is 0 Å². The van der Waals surface area contributed by atoms with Gasteiger partial charge < -0.3 is 0 Å². The van der Waals surface area contributed by atoms with E-state index in [0.29, 0.717) is 10.6 Å². The largest absolute Gasteiger partial charge is 0.280 e. The van der Waals surface area contributed by atoms with Crippen LogP contribution >= 0.6 is 0 Å². The molecule has 0 radical (unpaired) electrons. The second-order valence-corrected chi connectivity index (χ2v) is 9.51. The molecule has 0 aliphatic carbocycles. The van der Waals surface area contributed by atoms with Crippen molar-refractivity contribution in [2.24, 2.45) is 0 Å². The molecule has 0 fully saturated rings. The maximum Gasteiger partial charge on any atom is 0.262 e. The Hall–Kier alpha value is -1.81. The average Bonchev–Trinajstić information content (AvgIpc) is 2.50. The summed E-state index contributed by atoms with van der Waals surface area (Å²) in [5.74, 6) is 0. The SMILES string of the molecule is Cc1c(C)c(C)c(S(=O)(=O)Nc2ccc(C(C)(C)C)cc2)c(C)c1C. The number of benzene rings is 2. The van der Waals surface area contributed by atoms with Crippen LogP contribution in [0.3, 0.4) is 0 Å². The summed E-state index contributed by atoms with van der Waals surface area (Å²) in [6.07, 6.45) is 0. The van der Waals surface area contributed by atoms with Gasteiger partial charge in [0.05, 0.1) is 4.90 Å². The standard InChI is InChI=1S/C21H29NO2S/c1-13-14(2)16(4)20(17(5)15(13)3)25(23,24)22-19-11-9-18(10-12-19)21(6,7)8/h9-12,22H,1-8H3. The second-order valence-electron chi connectivity index (χ2n) is 7.89. The van der Waals surface area contributed by atoms with Crippen molar-refractivity contribution in [2.45, 2.75) is 65.7 Å². The summed E-state index contributed by atoms with van der Waals surface area (Å²) in [5, 5.41) is 0. The van der Waals surface area contributed by atoms with Crippen LogP contribution in [0.2, 0.25) is 0 Å². The van der Waals surface area contributed by atoms with Gasteiger partial charge in [0.25, 0.3) is 10.0 Å². The lowest BCUT2D eigenvalue weighted by Gasteiger charge is -2.21. The Labute approximate surface area is 152 Å². The molecule has 0 atom stereocenters. The van der Waals surface area contributed by atoms with Gasteiger partial charge in [-0.1, -0.05) is 32.9 Å². The highest BCUT2D eigenvalue weighted by Gasteiger charge is 2.24. The molecule has 0 aliphatic rings. The van der Waals surface area contributed by atoms with Gasteiger partial charge in [-0.2, -0.15) is 0 Å². The Morgan fingerprint density at radius 3 is 1.52 bits per heavy atom. The first-order valence-electron chi connectivity index (χ1n) is 8.56. The lowest BCUT2D eigenvalue weighted by Crippen LogP contribution is -2.18. The Bertz CT molecular complexity index is 873. The molecule has 3 nitrogen and oxygen atoms in total. The summed E-state index contributed by atoms with van der Waals surface area (Å²) in [5.41, 5.74) is 6.66. The second kappa shape index (κ2) is 6.49. The van der Waals surface area contributed by atoms with Crippen molar-refractivity contribution in [3.8, 4) is 0 Å². The molecular weight excluding hydrogens is 330 g/mol. The molecule has 0 aromatic heterocycles. The van der Waals surface area contributed by atoms with Crippen LogP contribution in [-0.2, 0) is 15.4 Å². The van der Waals surface area contributed by atoms with Crippen molar-refractivity contribution >= 4 is 15.7 Å². The third-order valence-corrected chi connectivity index (χ3v) is 6.86. The van der Waals surface area contributed by atoms with Crippen LogP contribution in [0.5, 0.6) is 0 Å². The number of hydrogen-bond donors (Lipinski definition) is 1. The lowest BCUT2D eigenvalue weighted by molar-refractivity contribution is 0.590. The minimum atomic E-state index is -3.63. The zero-order chi connectivity index (χ0) is 19.2. The number of rotatable bonds is 3. The molecule has 0 unspecified atom stereocenters. The monoisotopic (exact) mass is 359 g/mol. The average molecular weight is 360 g/mol. The van der Waals surface area contributed by atoms with Gasteiger partial charge in [-0.3, -0.25) is 4.72 Å². The van der Waals surface area contributed by atoms with Crippen molar-refractivity contribution in [3.05, 3.63) is 57.6 Å². The fraction of sp³-hybridized carbons (Fsp3) is 0.429. The highest BCUT2D eigenvalue weighted by molar-refractivity contribution is 7.92. The minimum Gasteiger partial charge on any atom is -0.280 e. The van der Waals surface area contributed by atoms with E-state index in [-0.39, 0.29) is 5.41 Å². The first-order chi connectivity index (χ1) is 11.4. The van der Waals surface area contributed by atoms with Crippen LogP contribution < -0.4 is 4.72 Å². The van der Waals surface area contributed by atoms with E-state index in [2.05, 4.69) is 25.5 Å². The molecule has 4 heteroatoms. The Balaban J connectivity index is 2.48. The fourth-order valence-corrected chi connectivity index (χ4v) is 4.77. The normalized spacial score (nSPS) is 12.3. The number of nitrogens with one attached hydrogen (secondary N) is 1. The molecule has 0 spiro atoms. The lowest BCUT2D eigenvalue weighted by atomic mass is 9.87. The minimum absolute atomic E-state index is 0.0375. The van der Waals surface area contributed by atoms with Gasteiger partial charge in [0.15, 0.2) is 0 Å². The molecule has 2 aromatic carbocycles. The van der Waals surface area contributed by atoms with Gasteiger partial charge in [0, 0.05) is 5.69 Å². The van der Waals surface area contributed by atoms with Crippen molar-refractivity contribution < 1.29 is 8.42 Å². The highest BCUT2D eigenvalue weighted by Crippen LogP contribution is 2.31. The zero-order valence-electron chi connectivity index (χ0n) is 16.5. The molecule has 0 amide bonds. The smallest absolute Gasteiger partial charge is 0.262 e. The van der Waals surface area contributed by atoms with Gasteiger partial charge in [-0.05, 0) is 85.5 Å². The van der Waals surface area contributed by atoms with E-state index < -0.39 is 10.0 Å². The number of hydrogen-bond acceptors (Lipinski definition) is 2. The molecule has 0 bridgehead atoms. The van der Waals surface area contributed by atoms with Crippen LogP contribution in [0, 0.1) is 34.6 Å². The van der Waals surface area contributed by atoms with Crippen molar-refractivity contribution in [1.29, 1.82) is 0 Å². The molecule has 2 aromatic rings. The van der Waals surface area contributed by atoms with E-state index in [1.807, 2.05) is 58.9 Å². The van der Waals surface area contributed by atoms with Gasteiger partial charge in [-0.15, -0.1) is 0 Å². The van der Waals surface area contributed by atoms with Crippen LogP contribution in [0.15, 0.2) is 29.2 Å². The predicted molar refractivity (Wildman–Crippen MR) is 106 cm³/mol. The van der Waals surface area contributed by atoms with Crippen LogP contribution in [-0.4, -0.2) is 8.42 Å². The summed E-state index contributed by atoms with van der Waals surface area (Å²) in [6, 6.07) is 7.61. The molecule has 136 valence electrons. The first kappa shape index (κ1) is 19.5. The molecule has 25 heavy (non-hydrogen) atoms. The molecule has 0 aliphatic heterocycles. The predicted octanol–water partition coefficient (Wildman–Crippen LogP) is 5.33. The van der Waals surface area contributed by atoms with Crippen molar-refractivity contribution in [2.75, 3.05) is 4.72 Å². The Morgan fingerprint density at radius 2 is 1.12 bits per heavy atom. The molecule has 0 heterocycles. The molecule has 2 rings (SSSR count). The summed E-state index contributed by atoms with van der Waals surface area (Å²) >= 11 is 0. The molecular formula is C21H29NO2S. The maximum atomic E-state index is 13.0. The number of anilines is 1. The van der Waals surface area contributed by atoms with E-state index >= 15 is 0 Å². The van der Waals surface area contributed by atoms with Gasteiger partial charge in [-0.25, -0.2) is 8.42 Å². The summed E-state index contributed by atoms with van der Waals surface area (Å²) in [7, 11) is -3.63. The van der Waals surface area contributed by atoms with E-state index in [0.717, 1.165) is 27.8 Å².